The summed E-state index contributed by atoms with van der Waals surface area (Å²) >= 11 is 3.22. The zero-order valence-electron chi connectivity index (χ0n) is 12.3. The zero-order chi connectivity index (χ0) is 15.9. The van der Waals surface area contributed by atoms with Crippen molar-refractivity contribution in [1.82, 2.24) is 5.32 Å². The van der Waals surface area contributed by atoms with E-state index < -0.39 is 5.97 Å². The highest BCUT2D eigenvalue weighted by Crippen LogP contribution is 2.20. The lowest BCUT2D eigenvalue weighted by Gasteiger charge is -2.22. The van der Waals surface area contributed by atoms with E-state index in [9.17, 15) is 9.59 Å². The van der Waals surface area contributed by atoms with Gasteiger partial charge in [0.05, 0.1) is 18.3 Å². The van der Waals surface area contributed by atoms with Crippen LogP contribution in [0, 0.1) is 0 Å². The molecular formula is C16H20BrNO4. The predicted molar refractivity (Wildman–Crippen MR) is 86.3 cm³/mol. The van der Waals surface area contributed by atoms with E-state index in [0.717, 1.165) is 12.8 Å². The number of carboxylic acids is 1. The third-order valence-corrected chi connectivity index (χ3v) is 4.16. The van der Waals surface area contributed by atoms with Crippen LogP contribution in [0.4, 0.5) is 0 Å². The van der Waals surface area contributed by atoms with Gasteiger partial charge >= 0.3 is 5.97 Å². The Kier molecular flexibility index (Phi) is 6.39. The second kappa shape index (κ2) is 8.29. The Morgan fingerprint density at radius 1 is 1.18 bits per heavy atom. The standard InChI is InChI=1S/C16H20BrNO4/c17-13-9-11(8-12(10-13)16(20)21)15(19)18-6-7-22-14-4-2-1-3-5-14/h8-10,14H,1-7H2,(H,18,19)(H,20,21). The highest BCUT2D eigenvalue weighted by molar-refractivity contribution is 9.10. The molecule has 0 spiro atoms. The molecule has 5 nitrogen and oxygen atoms in total. The number of aromatic carboxylic acids is 1. The van der Waals surface area contributed by atoms with Crippen LogP contribution in [-0.2, 0) is 4.74 Å². The number of ether oxygens (including phenoxy) is 1. The molecule has 0 unspecified atom stereocenters. The van der Waals surface area contributed by atoms with Crippen LogP contribution < -0.4 is 5.32 Å². The Bertz CT molecular complexity index is 541. The first-order chi connectivity index (χ1) is 10.6. The molecule has 0 atom stereocenters. The van der Waals surface area contributed by atoms with Gasteiger partial charge in [0.1, 0.15) is 0 Å². The van der Waals surface area contributed by atoms with Crippen molar-refractivity contribution < 1.29 is 19.4 Å². The minimum atomic E-state index is -1.06. The first kappa shape index (κ1) is 17.0. The number of hydrogen-bond acceptors (Lipinski definition) is 3. The number of halogens is 1. The van der Waals surface area contributed by atoms with E-state index in [1.807, 2.05) is 0 Å². The number of carboxylic acid groups (broad SMARTS) is 1. The van der Waals surface area contributed by atoms with Crippen LogP contribution in [-0.4, -0.2) is 36.2 Å². The molecule has 2 rings (SSSR count). The number of carbonyl (C=O) groups excluding carboxylic acids is 1. The Hall–Kier alpha value is -1.40. The van der Waals surface area contributed by atoms with Gasteiger partial charge in [-0.05, 0) is 31.0 Å². The summed E-state index contributed by atoms with van der Waals surface area (Å²) in [5.41, 5.74) is 0.405. The second-order valence-corrected chi connectivity index (χ2v) is 6.34. The van der Waals surface area contributed by atoms with Gasteiger partial charge in [-0.2, -0.15) is 0 Å². The Labute approximate surface area is 138 Å². The van der Waals surface area contributed by atoms with Gasteiger partial charge in [0.15, 0.2) is 0 Å². The summed E-state index contributed by atoms with van der Waals surface area (Å²) in [6.07, 6.45) is 6.23. The summed E-state index contributed by atoms with van der Waals surface area (Å²) < 4.78 is 6.30. The van der Waals surface area contributed by atoms with Crippen LogP contribution in [0.5, 0.6) is 0 Å². The minimum absolute atomic E-state index is 0.0815. The van der Waals surface area contributed by atoms with Gasteiger partial charge in [0.2, 0.25) is 0 Å². The van der Waals surface area contributed by atoms with Crippen LogP contribution in [0.15, 0.2) is 22.7 Å². The van der Waals surface area contributed by atoms with Gasteiger partial charge in [-0.15, -0.1) is 0 Å². The molecule has 0 bridgehead atoms. The van der Waals surface area contributed by atoms with Crippen molar-refractivity contribution in [3.8, 4) is 0 Å². The van der Waals surface area contributed by atoms with Gasteiger partial charge in [-0.3, -0.25) is 4.79 Å². The molecule has 6 heteroatoms. The van der Waals surface area contributed by atoms with Gasteiger partial charge in [0.25, 0.3) is 5.91 Å². The normalized spacial score (nSPS) is 15.5. The highest BCUT2D eigenvalue weighted by atomic mass is 79.9. The summed E-state index contributed by atoms with van der Waals surface area (Å²) in [6.45, 7) is 0.903. The van der Waals surface area contributed by atoms with E-state index in [2.05, 4.69) is 21.2 Å². The third-order valence-electron chi connectivity index (χ3n) is 3.70. The molecule has 0 aliphatic heterocycles. The number of carbonyl (C=O) groups is 2. The van der Waals surface area contributed by atoms with Crippen LogP contribution in [0.25, 0.3) is 0 Å². The lowest BCUT2D eigenvalue weighted by molar-refractivity contribution is 0.0299. The van der Waals surface area contributed by atoms with Crippen LogP contribution >= 0.6 is 15.9 Å². The van der Waals surface area contributed by atoms with Gasteiger partial charge in [-0.25, -0.2) is 4.79 Å². The molecule has 0 aromatic heterocycles. The molecule has 1 aromatic carbocycles. The molecule has 1 aliphatic carbocycles. The van der Waals surface area contributed by atoms with Gasteiger partial charge in [-0.1, -0.05) is 35.2 Å². The number of hydrogen-bond donors (Lipinski definition) is 2. The molecule has 0 radical (unpaired) electrons. The zero-order valence-corrected chi connectivity index (χ0v) is 13.9. The second-order valence-electron chi connectivity index (χ2n) is 5.42. The van der Waals surface area contributed by atoms with Crippen molar-refractivity contribution >= 4 is 27.8 Å². The van der Waals surface area contributed by atoms with Crippen molar-refractivity contribution in [3.63, 3.8) is 0 Å². The summed E-state index contributed by atoms with van der Waals surface area (Å²) in [5.74, 6) is -1.35. The van der Waals surface area contributed by atoms with Crippen molar-refractivity contribution in [2.45, 2.75) is 38.2 Å². The summed E-state index contributed by atoms with van der Waals surface area (Å²) in [6, 6.07) is 4.43. The predicted octanol–water partition coefficient (Wildman–Crippen LogP) is 3.23. The van der Waals surface area contributed by atoms with E-state index in [1.165, 1.54) is 31.4 Å². The molecule has 2 N–H and O–H groups in total. The molecule has 1 aromatic rings. The van der Waals surface area contributed by atoms with Crippen molar-refractivity contribution in [3.05, 3.63) is 33.8 Å². The molecule has 1 amide bonds. The molecular weight excluding hydrogens is 350 g/mol. The van der Waals surface area contributed by atoms with Gasteiger partial charge in [0, 0.05) is 16.6 Å². The lowest BCUT2D eigenvalue weighted by Crippen LogP contribution is -2.29. The number of benzene rings is 1. The van der Waals surface area contributed by atoms with Crippen molar-refractivity contribution in [2.24, 2.45) is 0 Å². The SMILES string of the molecule is O=C(O)c1cc(Br)cc(C(=O)NCCOC2CCCCC2)c1. The molecule has 1 fully saturated rings. The Balaban J connectivity index is 1.80. The maximum absolute atomic E-state index is 12.0. The van der Waals surface area contributed by atoms with Crippen LogP contribution in [0.2, 0.25) is 0 Å². The topological polar surface area (TPSA) is 75.6 Å². The Morgan fingerprint density at radius 2 is 1.86 bits per heavy atom. The first-order valence-corrected chi connectivity index (χ1v) is 8.29. The van der Waals surface area contributed by atoms with Crippen LogP contribution in [0.1, 0.15) is 52.8 Å². The van der Waals surface area contributed by atoms with Crippen LogP contribution in [0.3, 0.4) is 0 Å². The smallest absolute Gasteiger partial charge is 0.335 e. The van der Waals surface area contributed by atoms with E-state index in [1.54, 1.807) is 6.07 Å². The summed E-state index contributed by atoms with van der Waals surface area (Å²) in [5, 5.41) is 11.8. The molecule has 0 heterocycles. The Morgan fingerprint density at radius 3 is 2.55 bits per heavy atom. The van der Waals surface area contributed by atoms with E-state index in [4.69, 9.17) is 9.84 Å². The summed E-state index contributed by atoms with van der Waals surface area (Å²) in [4.78, 5) is 23.0. The van der Waals surface area contributed by atoms with E-state index in [0.29, 0.717) is 29.3 Å². The molecule has 1 aliphatic rings. The number of rotatable bonds is 6. The van der Waals surface area contributed by atoms with E-state index in [-0.39, 0.29) is 11.5 Å². The quantitative estimate of drug-likeness (QED) is 0.754. The highest BCUT2D eigenvalue weighted by Gasteiger charge is 2.14. The molecule has 22 heavy (non-hydrogen) atoms. The fourth-order valence-electron chi connectivity index (χ4n) is 2.57. The fourth-order valence-corrected chi connectivity index (χ4v) is 3.06. The molecule has 1 saturated carbocycles. The molecule has 0 saturated heterocycles. The average molecular weight is 370 g/mol. The number of amides is 1. The average Bonchev–Trinajstić information content (AvgIpc) is 2.51. The summed E-state index contributed by atoms with van der Waals surface area (Å²) in [7, 11) is 0. The maximum Gasteiger partial charge on any atom is 0.335 e. The largest absolute Gasteiger partial charge is 0.478 e. The monoisotopic (exact) mass is 369 g/mol. The number of nitrogens with one attached hydrogen (secondary N) is 1. The lowest BCUT2D eigenvalue weighted by atomic mass is 9.98. The third kappa shape index (κ3) is 5.10. The first-order valence-electron chi connectivity index (χ1n) is 7.50. The fraction of sp³-hybridized carbons (Fsp3) is 0.500. The van der Waals surface area contributed by atoms with Crippen molar-refractivity contribution in [2.75, 3.05) is 13.2 Å². The van der Waals surface area contributed by atoms with Crippen molar-refractivity contribution in [1.29, 1.82) is 0 Å². The maximum atomic E-state index is 12.0. The minimum Gasteiger partial charge on any atom is -0.478 e. The molecule has 120 valence electrons. The van der Waals surface area contributed by atoms with Gasteiger partial charge < -0.3 is 15.2 Å². The van der Waals surface area contributed by atoms with E-state index >= 15 is 0 Å².